The molecule has 2 heterocycles. The molecule has 1 atom stereocenters. The molecule has 0 aliphatic carbocycles. The minimum Gasteiger partial charge on any atom is -0.489 e. The second-order valence-corrected chi connectivity index (χ2v) is 8.84. The van der Waals surface area contributed by atoms with Crippen molar-refractivity contribution in [2.24, 2.45) is 0 Å². The summed E-state index contributed by atoms with van der Waals surface area (Å²) in [5, 5.41) is 0.465. The first-order valence-corrected chi connectivity index (χ1v) is 11.9. The molecule has 1 aliphatic rings. The van der Waals surface area contributed by atoms with E-state index in [9.17, 15) is 9.59 Å². The Labute approximate surface area is 208 Å². The van der Waals surface area contributed by atoms with Crippen molar-refractivity contribution < 1.29 is 13.9 Å². The highest BCUT2D eigenvalue weighted by molar-refractivity contribution is 5.99. The van der Waals surface area contributed by atoms with Crippen molar-refractivity contribution in [2.75, 3.05) is 0 Å². The van der Waals surface area contributed by atoms with Gasteiger partial charge in [-0.2, -0.15) is 0 Å². The number of carbonyl (C=O) groups excluding carboxylic acids is 1. The van der Waals surface area contributed by atoms with Crippen LogP contribution in [0, 0.1) is 0 Å². The van der Waals surface area contributed by atoms with Crippen LogP contribution in [0.25, 0.3) is 11.0 Å². The number of ether oxygens (including phenoxy) is 1. The van der Waals surface area contributed by atoms with Gasteiger partial charge in [0.05, 0.1) is 17.0 Å². The molecule has 0 saturated carbocycles. The standard InChI is InChI=1S/C31H23NO4/c33-29-25-16-7-8-17-26(25)36-30-27(29)28(32(31(30)34)19-21-10-3-1-4-11-21)23-14-9-15-24(18-23)35-20-22-12-5-2-6-13-22/h1-18,28H,19-20H2. The first kappa shape index (κ1) is 21.9. The summed E-state index contributed by atoms with van der Waals surface area (Å²) < 4.78 is 12.1. The van der Waals surface area contributed by atoms with Crippen LogP contribution in [0.15, 0.2) is 118 Å². The zero-order chi connectivity index (χ0) is 24.5. The molecule has 0 bridgehead atoms. The molecule has 0 N–H and O–H groups in total. The molecule has 0 radical (unpaired) electrons. The zero-order valence-electron chi connectivity index (χ0n) is 19.5. The van der Waals surface area contributed by atoms with Crippen LogP contribution in [-0.4, -0.2) is 10.8 Å². The van der Waals surface area contributed by atoms with E-state index in [-0.39, 0.29) is 17.1 Å². The number of para-hydroxylation sites is 1. The molecule has 1 aliphatic heterocycles. The van der Waals surface area contributed by atoms with Crippen molar-refractivity contribution in [3.63, 3.8) is 0 Å². The second kappa shape index (κ2) is 9.19. The van der Waals surface area contributed by atoms with Crippen molar-refractivity contribution >= 4 is 16.9 Å². The van der Waals surface area contributed by atoms with Gasteiger partial charge in [0.25, 0.3) is 5.91 Å². The lowest BCUT2D eigenvalue weighted by atomic mass is 9.98. The monoisotopic (exact) mass is 473 g/mol. The Morgan fingerprint density at radius 3 is 2.22 bits per heavy atom. The van der Waals surface area contributed by atoms with Gasteiger partial charge in [-0.1, -0.05) is 84.9 Å². The van der Waals surface area contributed by atoms with Gasteiger partial charge in [-0.15, -0.1) is 0 Å². The Bertz CT molecular complexity index is 1610. The first-order valence-electron chi connectivity index (χ1n) is 11.9. The van der Waals surface area contributed by atoms with Crippen LogP contribution in [0.1, 0.15) is 38.9 Å². The predicted octanol–water partition coefficient (Wildman–Crippen LogP) is 6.12. The van der Waals surface area contributed by atoms with E-state index in [2.05, 4.69) is 0 Å². The third-order valence-electron chi connectivity index (χ3n) is 6.49. The maximum absolute atomic E-state index is 13.7. The molecule has 0 fully saturated rings. The Balaban J connectivity index is 1.44. The van der Waals surface area contributed by atoms with Gasteiger partial charge in [0.1, 0.15) is 17.9 Å². The van der Waals surface area contributed by atoms with E-state index in [1.54, 1.807) is 29.2 Å². The van der Waals surface area contributed by atoms with E-state index in [1.165, 1.54) is 0 Å². The third-order valence-corrected chi connectivity index (χ3v) is 6.49. The zero-order valence-corrected chi connectivity index (χ0v) is 19.5. The lowest BCUT2D eigenvalue weighted by Crippen LogP contribution is -2.29. The highest BCUT2D eigenvalue weighted by atomic mass is 16.5. The molecule has 1 unspecified atom stereocenters. The summed E-state index contributed by atoms with van der Waals surface area (Å²) in [6.45, 7) is 0.768. The van der Waals surface area contributed by atoms with Crippen molar-refractivity contribution in [1.82, 2.24) is 4.90 Å². The Morgan fingerprint density at radius 2 is 1.44 bits per heavy atom. The number of fused-ring (bicyclic) bond motifs is 2. The van der Waals surface area contributed by atoms with Crippen molar-refractivity contribution in [1.29, 1.82) is 0 Å². The summed E-state index contributed by atoms with van der Waals surface area (Å²) in [7, 11) is 0. The van der Waals surface area contributed by atoms with Gasteiger partial charge in [0, 0.05) is 6.54 Å². The lowest BCUT2D eigenvalue weighted by Gasteiger charge is -2.25. The number of hydrogen-bond acceptors (Lipinski definition) is 4. The van der Waals surface area contributed by atoms with E-state index in [4.69, 9.17) is 9.15 Å². The molecule has 5 nitrogen and oxygen atoms in total. The molecule has 1 amide bonds. The van der Waals surface area contributed by atoms with Crippen LogP contribution in [0.2, 0.25) is 0 Å². The fourth-order valence-electron chi connectivity index (χ4n) is 4.77. The maximum Gasteiger partial charge on any atom is 0.291 e. The smallest absolute Gasteiger partial charge is 0.291 e. The molecule has 36 heavy (non-hydrogen) atoms. The number of amides is 1. The van der Waals surface area contributed by atoms with Crippen molar-refractivity contribution in [3.05, 3.63) is 147 Å². The summed E-state index contributed by atoms with van der Waals surface area (Å²) in [4.78, 5) is 29.0. The summed E-state index contributed by atoms with van der Waals surface area (Å²) >= 11 is 0. The summed E-state index contributed by atoms with van der Waals surface area (Å²) in [6, 6.07) is 33.8. The molecule has 0 spiro atoms. The van der Waals surface area contributed by atoms with E-state index in [0.29, 0.717) is 35.4 Å². The van der Waals surface area contributed by atoms with Crippen LogP contribution >= 0.6 is 0 Å². The Hall–Kier alpha value is -4.64. The van der Waals surface area contributed by atoms with Gasteiger partial charge < -0.3 is 14.1 Å². The lowest BCUT2D eigenvalue weighted by molar-refractivity contribution is 0.0714. The largest absolute Gasteiger partial charge is 0.489 e. The normalized spacial score (nSPS) is 14.7. The topological polar surface area (TPSA) is 59.8 Å². The van der Waals surface area contributed by atoms with Gasteiger partial charge >= 0.3 is 0 Å². The van der Waals surface area contributed by atoms with Crippen LogP contribution in [-0.2, 0) is 13.2 Å². The van der Waals surface area contributed by atoms with E-state index in [1.807, 2.05) is 84.9 Å². The van der Waals surface area contributed by atoms with Crippen LogP contribution in [0.3, 0.4) is 0 Å². The number of carbonyl (C=O) groups is 1. The predicted molar refractivity (Wildman–Crippen MR) is 138 cm³/mol. The highest BCUT2D eigenvalue weighted by Gasteiger charge is 2.42. The average Bonchev–Trinajstić information content (AvgIpc) is 3.20. The average molecular weight is 474 g/mol. The number of benzene rings is 4. The van der Waals surface area contributed by atoms with Crippen LogP contribution < -0.4 is 10.2 Å². The summed E-state index contributed by atoms with van der Waals surface area (Å²) in [6.07, 6.45) is 0. The fourth-order valence-corrected chi connectivity index (χ4v) is 4.77. The molecule has 1 aromatic heterocycles. The molecule has 176 valence electrons. The second-order valence-electron chi connectivity index (χ2n) is 8.84. The van der Waals surface area contributed by atoms with Gasteiger partial charge in [-0.25, -0.2) is 0 Å². The third kappa shape index (κ3) is 3.95. The number of rotatable bonds is 6. The molecule has 5 heteroatoms. The van der Waals surface area contributed by atoms with Crippen LogP contribution in [0.5, 0.6) is 5.75 Å². The van der Waals surface area contributed by atoms with Gasteiger partial charge in [-0.3, -0.25) is 9.59 Å². The van der Waals surface area contributed by atoms with E-state index >= 15 is 0 Å². The van der Waals surface area contributed by atoms with Crippen molar-refractivity contribution in [2.45, 2.75) is 19.2 Å². The minimum atomic E-state index is -0.589. The molecular formula is C31H23NO4. The molecule has 0 saturated heterocycles. The molecular weight excluding hydrogens is 450 g/mol. The maximum atomic E-state index is 13.7. The first-order chi connectivity index (χ1) is 17.7. The molecule has 6 rings (SSSR count). The number of nitrogens with zero attached hydrogens (tertiary/aromatic N) is 1. The fraction of sp³-hybridized carbons (Fsp3) is 0.0968. The van der Waals surface area contributed by atoms with E-state index < -0.39 is 6.04 Å². The quantitative estimate of drug-likeness (QED) is 0.298. The van der Waals surface area contributed by atoms with Gasteiger partial charge in [-0.05, 0) is 41.0 Å². The minimum absolute atomic E-state index is 0.107. The van der Waals surface area contributed by atoms with Crippen molar-refractivity contribution in [3.8, 4) is 5.75 Å². The molecule has 5 aromatic rings. The molecule has 4 aromatic carbocycles. The Morgan fingerprint density at radius 1 is 0.750 bits per heavy atom. The summed E-state index contributed by atoms with van der Waals surface area (Å²) in [5.41, 5.74) is 3.42. The van der Waals surface area contributed by atoms with Crippen LogP contribution in [0.4, 0.5) is 0 Å². The number of hydrogen-bond donors (Lipinski definition) is 0. The van der Waals surface area contributed by atoms with Gasteiger partial charge in [0.15, 0.2) is 5.43 Å². The highest BCUT2D eigenvalue weighted by Crippen LogP contribution is 2.40. The Kier molecular flexibility index (Phi) is 5.58. The SMILES string of the molecule is O=C1c2oc3ccccc3c(=O)c2C(c2cccc(OCc3ccccc3)c2)N1Cc1ccccc1. The van der Waals surface area contributed by atoms with E-state index in [0.717, 1.165) is 16.7 Å². The summed E-state index contributed by atoms with van der Waals surface area (Å²) in [5.74, 6) is 0.481. The van der Waals surface area contributed by atoms with Gasteiger partial charge in [0.2, 0.25) is 5.76 Å².